The molecule has 0 radical (unpaired) electrons. The first-order chi connectivity index (χ1) is 12.4. The van der Waals surface area contributed by atoms with Crippen molar-refractivity contribution in [2.45, 2.75) is 52.7 Å². The van der Waals surface area contributed by atoms with Gasteiger partial charge < -0.3 is 15.2 Å². The number of ether oxygens (including phenoxy) is 2. The lowest BCUT2D eigenvalue weighted by atomic mass is 10.2. The molecule has 1 aliphatic rings. The number of nitrogen functional groups attached to an aromatic ring is 1. The SMILES string of the molecule is CC(C)(C)OC(=O)N1CCN(C(=O)OC(C)(C)C)C1=Nc1ccc(N)cc1. The standard InChI is InChI=1S/C19H28N4O4/c1-18(2,3)26-16(24)22-11-12-23(17(25)27-19(4,5)6)15(22)21-14-9-7-13(20)8-10-14/h7-10H,11-12,20H2,1-6H3. The van der Waals surface area contributed by atoms with Crippen LogP contribution in [0.3, 0.4) is 0 Å². The van der Waals surface area contributed by atoms with Crippen LogP contribution in [0.5, 0.6) is 0 Å². The van der Waals surface area contributed by atoms with Gasteiger partial charge >= 0.3 is 12.2 Å². The van der Waals surface area contributed by atoms with Crippen molar-refractivity contribution in [3.63, 3.8) is 0 Å². The van der Waals surface area contributed by atoms with Crippen LogP contribution >= 0.6 is 0 Å². The van der Waals surface area contributed by atoms with E-state index in [-0.39, 0.29) is 19.0 Å². The summed E-state index contributed by atoms with van der Waals surface area (Å²) in [6.07, 6.45) is -1.13. The number of guanidine groups is 1. The topological polar surface area (TPSA) is 97.5 Å². The molecule has 1 fully saturated rings. The van der Waals surface area contributed by atoms with Crippen LogP contribution in [0, 0.1) is 0 Å². The first kappa shape index (κ1) is 20.5. The fraction of sp³-hybridized carbons (Fsp3) is 0.526. The number of carbonyl (C=O) groups is 2. The summed E-state index contributed by atoms with van der Waals surface area (Å²) in [5, 5.41) is 0. The van der Waals surface area contributed by atoms with Crippen molar-refractivity contribution in [1.29, 1.82) is 0 Å². The molecule has 27 heavy (non-hydrogen) atoms. The second kappa shape index (κ2) is 7.46. The molecule has 1 aliphatic heterocycles. The van der Waals surface area contributed by atoms with Crippen molar-refractivity contribution < 1.29 is 19.1 Å². The van der Waals surface area contributed by atoms with Gasteiger partial charge in [-0.1, -0.05) is 0 Å². The third kappa shape index (κ3) is 5.87. The summed E-state index contributed by atoms with van der Waals surface area (Å²) >= 11 is 0. The number of hydrogen-bond donors (Lipinski definition) is 1. The molecule has 0 spiro atoms. The van der Waals surface area contributed by atoms with E-state index in [2.05, 4.69) is 4.99 Å². The van der Waals surface area contributed by atoms with Gasteiger partial charge in [-0.15, -0.1) is 0 Å². The predicted octanol–water partition coefficient (Wildman–Crippen LogP) is 3.74. The van der Waals surface area contributed by atoms with E-state index in [1.807, 2.05) is 0 Å². The Hall–Kier alpha value is -2.77. The molecule has 0 bridgehead atoms. The zero-order valence-electron chi connectivity index (χ0n) is 16.8. The third-order valence-corrected chi connectivity index (χ3v) is 3.38. The Kier molecular flexibility index (Phi) is 5.67. The largest absolute Gasteiger partial charge is 0.443 e. The molecule has 8 nitrogen and oxygen atoms in total. The van der Waals surface area contributed by atoms with Crippen LogP contribution in [0.1, 0.15) is 41.5 Å². The van der Waals surface area contributed by atoms with E-state index >= 15 is 0 Å². The highest BCUT2D eigenvalue weighted by Crippen LogP contribution is 2.22. The van der Waals surface area contributed by atoms with Crippen LogP contribution in [-0.2, 0) is 9.47 Å². The minimum absolute atomic E-state index is 0.170. The number of anilines is 1. The van der Waals surface area contributed by atoms with Gasteiger partial charge in [0.25, 0.3) is 0 Å². The van der Waals surface area contributed by atoms with Crippen molar-refractivity contribution in [3.05, 3.63) is 24.3 Å². The number of amides is 2. The molecule has 2 N–H and O–H groups in total. The summed E-state index contributed by atoms with van der Waals surface area (Å²) in [6, 6.07) is 6.82. The van der Waals surface area contributed by atoms with Gasteiger partial charge in [0, 0.05) is 5.69 Å². The molecule has 0 atom stereocenters. The van der Waals surface area contributed by atoms with E-state index in [0.29, 0.717) is 11.4 Å². The van der Waals surface area contributed by atoms with E-state index < -0.39 is 23.4 Å². The fourth-order valence-electron chi connectivity index (χ4n) is 2.31. The number of carbonyl (C=O) groups excluding carboxylic acids is 2. The number of nitrogens with two attached hydrogens (primary N) is 1. The summed E-state index contributed by atoms with van der Waals surface area (Å²) in [4.78, 5) is 32.3. The molecule has 0 saturated carbocycles. The van der Waals surface area contributed by atoms with Crippen LogP contribution in [-0.4, -0.2) is 52.2 Å². The zero-order valence-corrected chi connectivity index (χ0v) is 16.8. The van der Waals surface area contributed by atoms with E-state index in [0.717, 1.165) is 0 Å². The third-order valence-electron chi connectivity index (χ3n) is 3.38. The maximum atomic E-state index is 12.6. The number of nitrogens with zero attached hydrogens (tertiary/aromatic N) is 3. The fourth-order valence-corrected chi connectivity index (χ4v) is 2.31. The van der Waals surface area contributed by atoms with Crippen LogP contribution in [0.4, 0.5) is 21.0 Å². The Bertz CT molecular complexity index is 692. The lowest BCUT2D eigenvalue weighted by Crippen LogP contribution is -2.44. The lowest BCUT2D eigenvalue weighted by molar-refractivity contribution is 0.0375. The number of rotatable bonds is 1. The molecular weight excluding hydrogens is 348 g/mol. The predicted molar refractivity (Wildman–Crippen MR) is 104 cm³/mol. The highest BCUT2D eigenvalue weighted by Gasteiger charge is 2.39. The number of hydrogen-bond acceptors (Lipinski definition) is 6. The number of aliphatic imine (C=N–C) groups is 1. The van der Waals surface area contributed by atoms with Crippen molar-refractivity contribution in [2.24, 2.45) is 4.99 Å². The van der Waals surface area contributed by atoms with Crippen molar-refractivity contribution in [2.75, 3.05) is 18.8 Å². The molecule has 2 amide bonds. The van der Waals surface area contributed by atoms with E-state index in [1.54, 1.807) is 65.8 Å². The van der Waals surface area contributed by atoms with Crippen LogP contribution in [0.15, 0.2) is 29.3 Å². The maximum absolute atomic E-state index is 12.6. The Labute approximate surface area is 159 Å². The van der Waals surface area contributed by atoms with E-state index in [4.69, 9.17) is 15.2 Å². The average molecular weight is 376 g/mol. The molecule has 1 saturated heterocycles. The van der Waals surface area contributed by atoms with Gasteiger partial charge in [-0.25, -0.2) is 24.4 Å². The monoisotopic (exact) mass is 376 g/mol. The second-order valence-electron chi connectivity index (χ2n) is 8.27. The second-order valence-corrected chi connectivity index (χ2v) is 8.27. The van der Waals surface area contributed by atoms with Crippen LogP contribution < -0.4 is 5.73 Å². The van der Waals surface area contributed by atoms with Crippen molar-refractivity contribution in [1.82, 2.24) is 9.80 Å². The summed E-state index contributed by atoms with van der Waals surface area (Å²) in [7, 11) is 0. The Morgan fingerprint density at radius 3 is 1.67 bits per heavy atom. The molecular formula is C19H28N4O4. The molecule has 0 aliphatic carbocycles. The van der Waals surface area contributed by atoms with Gasteiger partial charge in [-0.05, 0) is 65.8 Å². The molecule has 2 rings (SSSR count). The van der Waals surface area contributed by atoms with E-state index in [9.17, 15) is 9.59 Å². The average Bonchev–Trinajstić information content (AvgIpc) is 2.90. The molecule has 1 aromatic carbocycles. The summed E-state index contributed by atoms with van der Waals surface area (Å²) in [6.45, 7) is 11.2. The minimum Gasteiger partial charge on any atom is -0.443 e. The maximum Gasteiger partial charge on any atom is 0.417 e. The van der Waals surface area contributed by atoms with Gasteiger partial charge in [-0.3, -0.25) is 0 Å². The minimum atomic E-state index is -0.664. The van der Waals surface area contributed by atoms with E-state index in [1.165, 1.54) is 9.80 Å². The molecule has 0 aromatic heterocycles. The van der Waals surface area contributed by atoms with Gasteiger partial charge in [0.2, 0.25) is 5.96 Å². The number of benzene rings is 1. The Balaban J connectivity index is 2.36. The van der Waals surface area contributed by atoms with Crippen molar-refractivity contribution in [3.8, 4) is 0 Å². The Morgan fingerprint density at radius 2 is 1.30 bits per heavy atom. The molecule has 8 heteroatoms. The molecule has 1 heterocycles. The first-order valence-electron chi connectivity index (χ1n) is 8.81. The molecule has 0 unspecified atom stereocenters. The molecule has 1 aromatic rings. The van der Waals surface area contributed by atoms with Gasteiger partial charge in [-0.2, -0.15) is 0 Å². The summed E-state index contributed by atoms with van der Waals surface area (Å²) in [5.41, 5.74) is 5.53. The van der Waals surface area contributed by atoms with Crippen molar-refractivity contribution >= 4 is 29.5 Å². The summed E-state index contributed by atoms with van der Waals surface area (Å²) in [5.74, 6) is 0.170. The normalized spacial score (nSPS) is 15.0. The van der Waals surface area contributed by atoms with Gasteiger partial charge in [0.15, 0.2) is 0 Å². The smallest absolute Gasteiger partial charge is 0.417 e. The van der Waals surface area contributed by atoms with Gasteiger partial charge in [0.05, 0.1) is 18.8 Å². The highest BCUT2D eigenvalue weighted by atomic mass is 16.6. The van der Waals surface area contributed by atoms with Gasteiger partial charge in [0.1, 0.15) is 11.2 Å². The lowest BCUT2D eigenvalue weighted by Gasteiger charge is -2.27. The summed E-state index contributed by atoms with van der Waals surface area (Å²) < 4.78 is 10.9. The first-order valence-corrected chi connectivity index (χ1v) is 8.81. The Morgan fingerprint density at radius 1 is 0.889 bits per heavy atom. The van der Waals surface area contributed by atoms with Crippen LogP contribution in [0.2, 0.25) is 0 Å². The zero-order chi connectivity index (χ0) is 20.4. The highest BCUT2D eigenvalue weighted by molar-refractivity contribution is 6.04. The molecule has 148 valence electrons. The van der Waals surface area contributed by atoms with Crippen LogP contribution in [0.25, 0.3) is 0 Å². The quantitative estimate of drug-likeness (QED) is 0.753.